The van der Waals surface area contributed by atoms with Crippen molar-refractivity contribution in [2.75, 3.05) is 5.32 Å². The Kier molecular flexibility index (Phi) is 3.26. The molecule has 1 N–H and O–H groups in total. The van der Waals surface area contributed by atoms with Crippen molar-refractivity contribution in [1.82, 2.24) is 15.0 Å². The summed E-state index contributed by atoms with van der Waals surface area (Å²) in [6, 6.07) is 10.7. The highest BCUT2D eigenvalue weighted by atomic mass is 35.5. The third kappa shape index (κ3) is 2.44. The van der Waals surface area contributed by atoms with Gasteiger partial charge in [0.15, 0.2) is 0 Å². The number of rotatable bonds is 2. The van der Waals surface area contributed by atoms with E-state index in [4.69, 9.17) is 11.6 Å². The van der Waals surface area contributed by atoms with Crippen molar-refractivity contribution in [1.29, 1.82) is 0 Å². The summed E-state index contributed by atoms with van der Waals surface area (Å²) in [4.78, 5) is 24.2. The molecule has 0 aliphatic heterocycles. The van der Waals surface area contributed by atoms with Crippen LogP contribution < -0.4 is 5.32 Å². The van der Waals surface area contributed by atoms with Crippen molar-refractivity contribution in [2.24, 2.45) is 0 Å². The van der Waals surface area contributed by atoms with E-state index in [0.29, 0.717) is 16.9 Å². The minimum absolute atomic E-state index is 0.0823. The fourth-order valence-corrected chi connectivity index (χ4v) is 2.02. The van der Waals surface area contributed by atoms with Gasteiger partial charge in [-0.1, -0.05) is 18.2 Å². The van der Waals surface area contributed by atoms with Crippen LogP contribution in [0.2, 0.25) is 5.28 Å². The number of carbonyl (C=O) groups is 1. The second-order valence-corrected chi connectivity index (χ2v) is 4.38. The molecule has 1 amide bonds. The summed E-state index contributed by atoms with van der Waals surface area (Å²) in [5.74, 6) is 0.0620. The molecule has 6 heteroatoms. The van der Waals surface area contributed by atoms with E-state index < -0.39 is 0 Å². The molecule has 98 valence electrons. The molecule has 2 aromatic heterocycles. The minimum Gasteiger partial charge on any atom is -0.306 e. The van der Waals surface area contributed by atoms with Gasteiger partial charge in [0, 0.05) is 17.8 Å². The van der Waals surface area contributed by atoms with Gasteiger partial charge in [-0.3, -0.25) is 9.78 Å². The Morgan fingerprint density at radius 1 is 1.05 bits per heavy atom. The number of carbonyl (C=O) groups excluding carboxylic acids is 1. The fourth-order valence-electron chi connectivity index (χ4n) is 1.88. The van der Waals surface area contributed by atoms with E-state index in [0.717, 1.165) is 5.39 Å². The zero-order valence-electron chi connectivity index (χ0n) is 10.2. The van der Waals surface area contributed by atoms with Crippen LogP contribution in [0.5, 0.6) is 0 Å². The van der Waals surface area contributed by atoms with Gasteiger partial charge in [-0.2, -0.15) is 0 Å². The molecular formula is C14H9ClN4O. The number of benzene rings is 1. The van der Waals surface area contributed by atoms with Crippen molar-refractivity contribution >= 4 is 34.2 Å². The molecule has 2 heterocycles. The van der Waals surface area contributed by atoms with E-state index in [-0.39, 0.29) is 11.2 Å². The Morgan fingerprint density at radius 3 is 2.75 bits per heavy atom. The molecule has 5 nitrogen and oxygen atoms in total. The molecule has 0 spiro atoms. The zero-order valence-corrected chi connectivity index (χ0v) is 11.0. The summed E-state index contributed by atoms with van der Waals surface area (Å²) in [5, 5.41) is 3.66. The van der Waals surface area contributed by atoms with Crippen LogP contribution in [-0.4, -0.2) is 20.9 Å². The first-order valence-corrected chi connectivity index (χ1v) is 6.25. The lowest BCUT2D eigenvalue weighted by Gasteiger charge is -2.06. The topological polar surface area (TPSA) is 67.8 Å². The Hall–Kier alpha value is -2.53. The van der Waals surface area contributed by atoms with Gasteiger partial charge in [0.05, 0.1) is 11.1 Å². The number of para-hydroxylation sites is 1. The maximum Gasteiger partial charge on any atom is 0.259 e. The number of nitrogens with one attached hydrogen (secondary N) is 1. The summed E-state index contributed by atoms with van der Waals surface area (Å²) >= 11 is 5.68. The van der Waals surface area contributed by atoms with E-state index in [9.17, 15) is 4.79 Å². The fraction of sp³-hybridized carbons (Fsp3) is 0. The molecule has 0 saturated carbocycles. The highest BCUT2D eigenvalue weighted by Crippen LogP contribution is 2.17. The number of anilines is 1. The van der Waals surface area contributed by atoms with E-state index in [1.807, 2.05) is 24.3 Å². The van der Waals surface area contributed by atoms with E-state index in [2.05, 4.69) is 20.3 Å². The minimum atomic E-state index is -0.288. The second-order valence-electron chi connectivity index (χ2n) is 4.05. The van der Waals surface area contributed by atoms with Gasteiger partial charge in [-0.15, -0.1) is 0 Å². The molecule has 0 radical (unpaired) electrons. The van der Waals surface area contributed by atoms with Gasteiger partial charge >= 0.3 is 0 Å². The number of halogens is 1. The molecule has 0 unspecified atom stereocenters. The molecule has 0 saturated heterocycles. The predicted molar refractivity (Wildman–Crippen MR) is 76.7 cm³/mol. The third-order valence-electron chi connectivity index (χ3n) is 2.75. The molecule has 20 heavy (non-hydrogen) atoms. The van der Waals surface area contributed by atoms with Gasteiger partial charge in [0.2, 0.25) is 5.28 Å². The lowest BCUT2D eigenvalue weighted by atomic mass is 10.1. The Labute approximate surface area is 119 Å². The average molecular weight is 285 g/mol. The molecular weight excluding hydrogens is 276 g/mol. The van der Waals surface area contributed by atoms with Gasteiger partial charge in [0.1, 0.15) is 5.82 Å². The first-order valence-electron chi connectivity index (χ1n) is 5.88. The number of nitrogens with zero attached hydrogens (tertiary/aromatic N) is 3. The van der Waals surface area contributed by atoms with Crippen molar-refractivity contribution in [2.45, 2.75) is 0 Å². The summed E-state index contributed by atoms with van der Waals surface area (Å²) in [7, 11) is 0. The highest BCUT2D eigenvalue weighted by Gasteiger charge is 2.11. The lowest BCUT2D eigenvalue weighted by molar-refractivity contribution is 0.102. The molecule has 0 bridgehead atoms. The van der Waals surface area contributed by atoms with Crippen molar-refractivity contribution < 1.29 is 4.79 Å². The monoisotopic (exact) mass is 284 g/mol. The molecule has 3 aromatic rings. The van der Waals surface area contributed by atoms with Gasteiger partial charge in [-0.05, 0) is 29.8 Å². The molecule has 3 rings (SSSR count). The normalized spacial score (nSPS) is 10.4. The predicted octanol–water partition coefficient (Wildman–Crippen LogP) is 2.93. The lowest BCUT2D eigenvalue weighted by Crippen LogP contribution is -2.14. The van der Waals surface area contributed by atoms with Gasteiger partial charge in [-0.25, -0.2) is 9.97 Å². The van der Waals surface area contributed by atoms with Crippen molar-refractivity contribution in [3.05, 3.63) is 59.6 Å². The summed E-state index contributed by atoms with van der Waals surface area (Å²) in [5.41, 5.74) is 1.13. The largest absolute Gasteiger partial charge is 0.306 e. The number of aromatic nitrogens is 3. The van der Waals surface area contributed by atoms with Gasteiger partial charge < -0.3 is 5.32 Å². The van der Waals surface area contributed by atoms with E-state index in [1.165, 1.54) is 6.20 Å². The first-order chi connectivity index (χ1) is 9.74. The third-order valence-corrected chi connectivity index (χ3v) is 2.93. The van der Waals surface area contributed by atoms with Crippen LogP contribution in [0.25, 0.3) is 10.9 Å². The number of hydrogen-bond acceptors (Lipinski definition) is 4. The van der Waals surface area contributed by atoms with Crippen molar-refractivity contribution in [3.8, 4) is 0 Å². The van der Waals surface area contributed by atoms with Crippen LogP contribution in [0.4, 0.5) is 5.82 Å². The second kappa shape index (κ2) is 5.22. The van der Waals surface area contributed by atoms with Crippen LogP contribution in [-0.2, 0) is 0 Å². The van der Waals surface area contributed by atoms with Crippen LogP contribution >= 0.6 is 11.6 Å². The average Bonchev–Trinajstić information content (AvgIpc) is 2.46. The van der Waals surface area contributed by atoms with Crippen molar-refractivity contribution in [3.63, 3.8) is 0 Å². The summed E-state index contributed by atoms with van der Waals surface area (Å²) < 4.78 is 0. The van der Waals surface area contributed by atoms with E-state index in [1.54, 1.807) is 18.3 Å². The smallest absolute Gasteiger partial charge is 0.259 e. The van der Waals surface area contributed by atoms with Crippen LogP contribution in [0.15, 0.2) is 48.8 Å². The first kappa shape index (κ1) is 12.5. The Bertz CT molecular complexity index is 785. The van der Waals surface area contributed by atoms with Crippen LogP contribution in [0, 0.1) is 0 Å². The quantitative estimate of drug-likeness (QED) is 0.735. The zero-order chi connectivity index (χ0) is 13.9. The number of pyridine rings is 1. The summed E-state index contributed by atoms with van der Waals surface area (Å²) in [6.07, 6.45) is 3.13. The molecule has 0 aliphatic carbocycles. The van der Waals surface area contributed by atoms with Crippen LogP contribution in [0.1, 0.15) is 10.4 Å². The number of hydrogen-bond donors (Lipinski definition) is 1. The molecule has 1 aromatic carbocycles. The Morgan fingerprint density at radius 2 is 1.90 bits per heavy atom. The molecule has 0 fully saturated rings. The molecule has 0 aliphatic rings. The van der Waals surface area contributed by atoms with E-state index >= 15 is 0 Å². The highest BCUT2D eigenvalue weighted by molar-refractivity contribution is 6.28. The Balaban J connectivity index is 1.97. The van der Waals surface area contributed by atoms with Gasteiger partial charge in [0.25, 0.3) is 5.91 Å². The standard InChI is InChI=1S/C14H9ClN4O/c15-14-17-8-6-11(19-14)18-13(20)10-5-1-3-9-4-2-7-16-12(9)10/h1-8H,(H,17,18,19,20). The number of fused-ring (bicyclic) bond motifs is 1. The van der Waals surface area contributed by atoms with Crippen LogP contribution in [0.3, 0.4) is 0 Å². The maximum absolute atomic E-state index is 12.3. The summed E-state index contributed by atoms with van der Waals surface area (Å²) in [6.45, 7) is 0. The number of amides is 1. The molecule has 0 atom stereocenters. The SMILES string of the molecule is O=C(Nc1ccnc(Cl)n1)c1cccc2cccnc12. The maximum atomic E-state index is 12.3.